The number of aromatic nitrogens is 2. The predicted octanol–water partition coefficient (Wildman–Crippen LogP) is 3.14. The van der Waals surface area contributed by atoms with Gasteiger partial charge in [0.15, 0.2) is 0 Å². The second-order valence-electron chi connectivity index (χ2n) is 4.87. The van der Waals surface area contributed by atoms with Crippen molar-refractivity contribution < 1.29 is 8.42 Å². The Morgan fingerprint density at radius 3 is 2.39 bits per heavy atom. The number of nitrogens with two attached hydrogens (primary N) is 1. The van der Waals surface area contributed by atoms with Crippen molar-refractivity contribution >= 4 is 45.7 Å². The van der Waals surface area contributed by atoms with Crippen molar-refractivity contribution in [3.8, 4) is 0 Å². The van der Waals surface area contributed by atoms with Crippen molar-refractivity contribution in [3.05, 3.63) is 60.6 Å². The fourth-order valence-electron chi connectivity index (χ4n) is 2.34. The van der Waals surface area contributed by atoms with Crippen LogP contribution in [-0.2, 0) is 10.0 Å². The molecule has 0 saturated carbocycles. The first kappa shape index (κ1) is 19.4. The minimum absolute atomic E-state index is 0. The molecule has 2 aromatic heterocycles. The van der Waals surface area contributed by atoms with Crippen LogP contribution in [0.25, 0.3) is 10.9 Å². The number of benzene rings is 1. The molecule has 3 aromatic rings. The van der Waals surface area contributed by atoms with Crippen molar-refractivity contribution in [1.29, 1.82) is 0 Å². The molecule has 0 fully saturated rings. The molecule has 0 bridgehead atoms. The van der Waals surface area contributed by atoms with Gasteiger partial charge in [-0.05, 0) is 31.2 Å². The highest BCUT2D eigenvalue weighted by Crippen LogP contribution is 2.27. The Morgan fingerprint density at radius 2 is 1.78 bits per heavy atom. The Bertz CT molecular complexity index is 893. The van der Waals surface area contributed by atoms with Crippen LogP contribution in [0.1, 0.15) is 18.7 Å². The maximum absolute atomic E-state index is 12.9. The lowest BCUT2D eigenvalue weighted by atomic mass is 10.2. The zero-order valence-electron chi connectivity index (χ0n) is 12.3. The molecule has 5 nitrogen and oxygen atoms in total. The molecule has 0 radical (unpaired) electrons. The summed E-state index contributed by atoms with van der Waals surface area (Å²) in [6, 6.07) is 11.4. The predicted molar refractivity (Wildman–Crippen MR) is 95.9 cm³/mol. The number of rotatable bonds is 3. The van der Waals surface area contributed by atoms with E-state index in [-0.39, 0.29) is 29.7 Å². The van der Waals surface area contributed by atoms with Gasteiger partial charge in [-0.1, -0.05) is 18.2 Å². The molecule has 3 rings (SSSR count). The van der Waals surface area contributed by atoms with Crippen LogP contribution in [0.15, 0.2) is 59.8 Å². The summed E-state index contributed by atoms with van der Waals surface area (Å²) in [5, 5.41) is 0.754. The van der Waals surface area contributed by atoms with Crippen LogP contribution < -0.4 is 5.73 Å². The number of hydrogen-bond acceptors (Lipinski definition) is 4. The number of fused-ring (bicyclic) bond motifs is 1. The molecule has 23 heavy (non-hydrogen) atoms. The fourth-order valence-corrected chi connectivity index (χ4v) is 3.97. The first-order chi connectivity index (χ1) is 10.0. The highest BCUT2D eigenvalue weighted by atomic mass is 35.5. The molecule has 0 amide bonds. The molecule has 0 saturated heterocycles. The van der Waals surface area contributed by atoms with Crippen LogP contribution in [0.2, 0.25) is 0 Å². The minimum atomic E-state index is -3.69. The van der Waals surface area contributed by atoms with Crippen molar-refractivity contribution in [2.24, 2.45) is 5.73 Å². The smallest absolute Gasteiger partial charge is 0.268 e. The van der Waals surface area contributed by atoms with Gasteiger partial charge in [0.05, 0.1) is 16.1 Å². The third-order valence-electron chi connectivity index (χ3n) is 3.33. The van der Waals surface area contributed by atoms with E-state index in [4.69, 9.17) is 5.73 Å². The first-order valence-electron chi connectivity index (χ1n) is 6.53. The third-order valence-corrected chi connectivity index (χ3v) is 5.09. The van der Waals surface area contributed by atoms with Gasteiger partial charge in [-0.15, -0.1) is 24.8 Å². The van der Waals surface area contributed by atoms with E-state index in [0.29, 0.717) is 11.2 Å². The molecule has 0 aliphatic heterocycles. The Labute approximate surface area is 147 Å². The highest BCUT2D eigenvalue weighted by molar-refractivity contribution is 7.90. The van der Waals surface area contributed by atoms with Crippen LogP contribution in [0, 0.1) is 0 Å². The quantitative estimate of drug-likeness (QED) is 0.764. The lowest BCUT2D eigenvalue weighted by molar-refractivity contribution is 0.584. The van der Waals surface area contributed by atoms with Crippen LogP contribution in [0.4, 0.5) is 0 Å². The van der Waals surface area contributed by atoms with Gasteiger partial charge in [-0.25, -0.2) is 12.4 Å². The summed E-state index contributed by atoms with van der Waals surface area (Å²) >= 11 is 0. The second kappa shape index (κ2) is 7.31. The molecular formula is C15H17Cl2N3O2S. The van der Waals surface area contributed by atoms with Crippen molar-refractivity contribution in [2.45, 2.75) is 17.9 Å². The zero-order chi connectivity index (χ0) is 15.0. The SMILES string of the molecule is C[C@@H](N)c1cc2cnccc2n1S(=O)(=O)c1ccccc1.Cl.Cl. The summed E-state index contributed by atoms with van der Waals surface area (Å²) in [6.45, 7) is 1.76. The van der Waals surface area contributed by atoms with E-state index < -0.39 is 16.1 Å². The molecule has 0 spiro atoms. The molecular weight excluding hydrogens is 357 g/mol. The van der Waals surface area contributed by atoms with Crippen molar-refractivity contribution in [1.82, 2.24) is 8.96 Å². The highest BCUT2D eigenvalue weighted by Gasteiger charge is 2.24. The van der Waals surface area contributed by atoms with E-state index in [2.05, 4.69) is 4.98 Å². The molecule has 1 atom stereocenters. The largest absolute Gasteiger partial charge is 0.323 e. The van der Waals surface area contributed by atoms with Crippen LogP contribution >= 0.6 is 24.8 Å². The Morgan fingerprint density at radius 1 is 1.13 bits per heavy atom. The van der Waals surface area contributed by atoms with E-state index in [0.717, 1.165) is 5.39 Å². The third kappa shape index (κ3) is 3.35. The van der Waals surface area contributed by atoms with Gasteiger partial charge >= 0.3 is 0 Å². The molecule has 0 aliphatic carbocycles. The van der Waals surface area contributed by atoms with Gasteiger partial charge in [-0.3, -0.25) is 4.98 Å². The maximum atomic E-state index is 12.9. The number of halogens is 2. The topological polar surface area (TPSA) is 78.0 Å². The van der Waals surface area contributed by atoms with Crippen molar-refractivity contribution in [3.63, 3.8) is 0 Å². The van der Waals surface area contributed by atoms with Crippen LogP contribution in [0.5, 0.6) is 0 Å². The number of pyridine rings is 1. The Kier molecular flexibility index (Phi) is 6.18. The molecule has 1 aromatic carbocycles. The summed E-state index contributed by atoms with van der Waals surface area (Å²) in [6.07, 6.45) is 3.21. The van der Waals surface area contributed by atoms with Gasteiger partial charge in [0.1, 0.15) is 0 Å². The Balaban J connectivity index is 0.00000132. The lowest BCUT2D eigenvalue weighted by Crippen LogP contribution is -2.19. The van der Waals surface area contributed by atoms with Crippen molar-refractivity contribution in [2.75, 3.05) is 0 Å². The van der Waals surface area contributed by atoms with Crippen LogP contribution in [-0.4, -0.2) is 17.4 Å². The molecule has 2 N–H and O–H groups in total. The van der Waals surface area contributed by atoms with E-state index >= 15 is 0 Å². The molecule has 0 unspecified atom stereocenters. The average molecular weight is 374 g/mol. The molecule has 124 valence electrons. The Hall–Kier alpha value is -1.60. The molecule has 2 heterocycles. The lowest BCUT2D eigenvalue weighted by Gasteiger charge is -2.13. The molecule has 8 heteroatoms. The summed E-state index contributed by atoms with van der Waals surface area (Å²) in [5.74, 6) is 0. The normalized spacial score (nSPS) is 12.3. The van der Waals surface area contributed by atoms with Gasteiger partial charge in [-0.2, -0.15) is 0 Å². The van der Waals surface area contributed by atoms with E-state index in [1.54, 1.807) is 61.8 Å². The minimum Gasteiger partial charge on any atom is -0.323 e. The second-order valence-corrected chi connectivity index (χ2v) is 6.66. The zero-order valence-corrected chi connectivity index (χ0v) is 14.7. The van der Waals surface area contributed by atoms with Gasteiger partial charge < -0.3 is 5.73 Å². The fraction of sp³-hybridized carbons (Fsp3) is 0.133. The van der Waals surface area contributed by atoms with E-state index in [1.165, 1.54) is 3.97 Å². The standard InChI is InChI=1S/C15H15N3O2S.2ClH/c1-11(16)15-9-12-10-17-8-7-14(12)18(15)21(19,20)13-5-3-2-4-6-13;;/h2-11H,16H2,1H3;2*1H/t11-;;/m1../s1. The maximum Gasteiger partial charge on any atom is 0.268 e. The summed E-state index contributed by atoms with van der Waals surface area (Å²) in [7, 11) is -3.69. The van der Waals surface area contributed by atoms with E-state index in [9.17, 15) is 8.42 Å². The molecule has 0 aliphatic rings. The summed E-state index contributed by atoms with van der Waals surface area (Å²) in [5.41, 5.74) is 7.08. The average Bonchev–Trinajstić information content (AvgIpc) is 2.88. The van der Waals surface area contributed by atoms with Crippen LogP contribution in [0.3, 0.4) is 0 Å². The number of nitrogens with zero attached hydrogens (tertiary/aromatic N) is 2. The summed E-state index contributed by atoms with van der Waals surface area (Å²) < 4.78 is 27.2. The van der Waals surface area contributed by atoms with E-state index in [1.807, 2.05) is 0 Å². The van der Waals surface area contributed by atoms with Gasteiger partial charge in [0.25, 0.3) is 10.0 Å². The number of hydrogen-bond donors (Lipinski definition) is 1. The summed E-state index contributed by atoms with van der Waals surface area (Å²) in [4.78, 5) is 4.27. The van der Waals surface area contributed by atoms with Gasteiger partial charge in [0, 0.05) is 23.8 Å². The first-order valence-corrected chi connectivity index (χ1v) is 7.97. The monoisotopic (exact) mass is 373 g/mol. The van der Waals surface area contributed by atoms with Gasteiger partial charge in [0.2, 0.25) is 0 Å².